The fraction of sp³-hybridized carbons (Fsp3) is 0.409. The Balaban J connectivity index is 1.82. The van der Waals surface area contributed by atoms with Crippen LogP contribution in [0.15, 0.2) is 57.9 Å². The van der Waals surface area contributed by atoms with Crippen molar-refractivity contribution >= 4 is 31.9 Å². The molecule has 1 aliphatic heterocycles. The summed E-state index contributed by atoms with van der Waals surface area (Å²) in [6.45, 7) is 7.84. The Kier molecular flexibility index (Phi) is 7.68. The summed E-state index contributed by atoms with van der Waals surface area (Å²) < 4.78 is 28.9. The Bertz CT molecular complexity index is 954. The van der Waals surface area contributed by atoms with Gasteiger partial charge >= 0.3 is 0 Å². The van der Waals surface area contributed by atoms with E-state index >= 15 is 0 Å². The number of carbonyl (C=O) groups excluding carboxylic acids is 1. The maximum absolute atomic E-state index is 13.4. The van der Waals surface area contributed by atoms with Crippen LogP contribution < -0.4 is 0 Å². The SMILES string of the molecule is CCN1CCN(C(=O)CN(Cc2ccc(Br)cc2)S(=O)(=O)c2ccc(C)cc2)CC1. The minimum atomic E-state index is -3.81. The standard InChI is InChI=1S/C22H28BrN3O3S/c1-3-24-12-14-25(15-13-24)22(27)17-26(16-19-6-8-20(23)9-7-19)30(28,29)21-10-4-18(2)5-11-21/h4-11H,3,12-17H2,1-2H3. The van der Waals surface area contributed by atoms with Gasteiger partial charge in [-0.3, -0.25) is 4.79 Å². The molecule has 2 aromatic carbocycles. The van der Waals surface area contributed by atoms with Crippen LogP contribution in [-0.2, 0) is 21.4 Å². The summed E-state index contributed by atoms with van der Waals surface area (Å²) in [5, 5.41) is 0. The van der Waals surface area contributed by atoms with Crippen LogP contribution >= 0.6 is 15.9 Å². The normalized spacial score (nSPS) is 15.5. The molecule has 1 aliphatic rings. The quantitative estimate of drug-likeness (QED) is 0.594. The molecule has 0 aromatic heterocycles. The van der Waals surface area contributed by atoms with E-state index in [1.807, 2.05) is 31.2 Å². The van der Waals surface area contributed by atoms with Gasteiger partial charge < -0.3 is 9.80 Å². The predicted molar refractivity (Wildman–Crippen MR) is 122 cm³/mol. The van der Waals surface area contributed by atoms with Crippen molar-refractivity contribution in [1.29, 1.82) is 0 Å². The summed E-state index contributed by atoms with van der Waals surface area (Å²) in [6, 6.07) is 14.2. The molecule has 8 heteroatoms. The number of likely N-dealkylation sites (N-methyl/N-ethyl adjacent to an activating group) is 1. The van der Waals surface area contributed by atoms with Crippen LogP contribution in [0, 0.1) is 6.92 Å². The first-order valence-electron chi connectivity index (χ1n) is 10.1. The fourth-order valence-corrected chi connectivity index (χ4v) is 5.08. The van der Waals surface area contributed by atoms with Gasteiger partial charge in [-0.2, -0.15) is 4.31 Å². The van der Waals surface area contributed by atoms with Gasteiger partial charge in [0.05, 0.1) is 11.4 Å². The zero-order valence-corrected chi connectivity index (χ0v) is 19.8. The number of hydrogen-bond acceptors (Lipinski definition) is 4. The van der Waals surface area contributed by atoms with Crippen molar-refractivity contribution in [2.75, 3.05) is 39.3 Å². The van der Waals surface area contributed by atoms with Crippen LogP contribution in [-0.4, -0.2) is 67.7 Å². The van der Waals surface area contributed by atoms with Gasteiger partial charge in [0.2, 0.25) is 15.9 Å². The molecule has 0 spiro atoms. The number of sulfonamides is 1. The highest BCUT2D eigenvalue weighted by Gasteiger charge is 2.29. The maximum Gasteiger partial charge on any atom is 0.243 e. The molecule has 1 fully saturated rings. The van der Waals surface area contributed by atoms with Crippen LogP contribution in [0.3, 0.4) is 0 Å². The first-order chi connectivity index (χ1) is 14.3. The van der Waals surface area contributed by atoms with Gasteiger partial charge in [0, 0.05) is 37.2 Å². The second-order valence-corrected chi connectivity index (χ2v) is 10.4. The lowest BCUT2D eigenvalue weighted by molar-refractivity contribution is -0.133. The van der Waals surface area contributed by atoms with Crippen molar-refractivity contribution in [3.63, 3.8) is 0 Å². The predicted octanol–water partition coefficient (Wildman–Crippen LogP) is 3.11. The van der Waals surface area contributed by atoms with Crippen molar-refractivity contribution in [2.24, 2.45) is 0 Å². The Morgan fingerprint density at radius 3 is 2.17 bits per heavy atom. The number of hydrogen-bond donors (Lipinski definition) is 0. The van der Waals surface area contributed by atoms with E-state index in [1.54, 1.807) is 29.2 Å². The maximum atomic E-state index is 13.4. The highest BCUT2D eigenvalue weighted by molar-refractivity contribution is 9.10. The van der Waals surface area contributed by atoms with Gasteiger partial charge in [0.25, 0.3) is 0 Å². The number of piperazine rings is 1. The highest BCUT2D eigenvalue weighted by Crippen LogP contribution is 2.20. The zero-order chi connectivity index (χ0) is 21.7. The largest absolute Gasteiger partial charge is 0.339 e. The zero-order valence-electron chi connectivity index (χ0n) is 17.4. The van der Waals surface area contributed by atoms with Crippen LogP contribution in [0.5, 0.6) is 0 Å². The van der Waals surface area contributed by atoms with E-state index in [0.717, 1.165) is 35.2 Å². The topological polar surface area (TPSA) is 60.9 Å². The molecule has 0 aliphatic carbocycles. The Labute approximate surface area is 187 Å². The smallest absolute Gasteiger partial charge is 0.243 e. The second-order valence-electron chi connectivity index (χ2n) is 7.53. The van der Waals surface area contributed by atoms with Crippen molar-refractivity contribution in [2.45, 2.75) is 25.3 Å². The molecule has 0 bridgehead atoms. The minimum Gasteiger partial charge on any atom is -0.339 e. The molecule has 2 aromatic rings. The van der Waals surface area contributed by atoms with Crippen molar-refractivity contribution in [3.8, 4) is 0 Å². The van der Waals surface area contributed by atoms with E-state index in [1.165, 1.54) is 4.31 Å². The second kappa shape index (κ2) is 10.0. The van der Waals surface area contributed by atoms with E-state index < -0.39 is 10.0 Å². The van der Waals surface area contributed by atoms with Crippen LogP contribution in [0.2, 0.25) is 0 Å². The number of aryl methyl sites for hydroxylation is 1. The molecular formula is C22H28BrN3O3S. The van der Waals surface area contributed by atoms with E-state index in [4.69, 9.17) is 0 Å². The van der Waals surface area contributed by atoms with Gasteiger partial charge in [-0.1, -0.05) is 52.7 Å². The monoisotopic (exact) mass is 493 g/mol. The number of halogens is 1. The minimum absolute atomic E-state index is 0.143. The average Bonchev–Trinajstić information content (AvgIpc) is 2.75. The average molecular weight is 494 g/mol. The molecule has 1 heterocycles. The highest BCUT2D eigenvalue weighted by atomic mass is 79.9. The summed E-state index contributed by atoms with van der Waals surface area (Å²) in [7, 11) is -3.81. The number of carbonyl (C=O) groups is 1. The van der Waals surface area contributed by atoms with E-state index in [-0.39, 0.29) is 23.9 Å². The summed E-state index contributed by atoms with van der Waals surface area (Å²) in [6.07, 6.45) is 0. The van der Waals surface area contributed by atoms with Crippen LogP contribution in [0.4, 0.5) is 0 Å². The summed E-state index contributed by atoms with van der Waals surface area (Å²) in [5.74, 6) is -0.154. The molecule has 3 rings (SSSR count). The van der Waals surface area contributed by atoms with Gasteiger partial charge in [0.1, 0.15) is 0 Å². The summed E-state index contributed by atoms with van der Waals surface area (Å²) in [4.78, 5) is 17.2. The molecular weight excluding hydrogens is 466 g/mol. The molecule has 0 radical (unpaired) electrons. The van der Waals surface area contributed by atoms with E-state index in [0.29, 0.717) is 13.1 Å². The third-order valence-corrected chi connectivity index (χ3v) is 7.75. The molecule has 162 valence electrons. The molecule has 0 unspecified atom stereocenters. The van der Waals surface area contributed by atoms with Gasteiger partial charge in [-0.25, -0.2) is 8.42 Å². The Morgan fingerprint density at radius 2 is 1.60 bits per heavy atom. The van der Waals surface area contributed by atoms with E-state index in [9.17, 15) is 13.2 Å². The van der Waals surface area contributed by atoms with Crippen molar-refractivity contribution < 1.29 is 13.2 Å². The van der Waals surface area contributed by atoms with E-state index in [2.05, 4.69) is 27.8 Å². The Morgan fingerprint density at radius 1 is 1.00 bits per heavy atom. The van der Waals surface area contributed by atoms with Crippen molar-refractivity contribution in [3.05, 3.63) is 64.1 Å². The lowest BCUT2D eigenvalue weighted by Crippen LogP contribution is -2.51. The molecule has 0 saturated carbocycles. The van der Waals surface area contributed by atoms with Crippen LogP contribution in [0.25, 0.3) is 0 Å². The summed E-state index contributed by atoms with van der Waals surface area (Å²) in [5.41, 5.74) is 1.82. The van der Waals surface area contributed by atoms with Gasteiger partial charge in [-0.05, 0) is 43.3 Å². The van der Waals surface area contributed by atoms with Gasteiger partial charge in [-0.15, -0.1) is 0 Å². The van der Waals surface area contributed by atoms with Crippen molar-refractivity contribution in [1.82, 2.24) is 14.1 Å². The van der Waals surface area contributed by atoms with Crippen LogP contribution in [0.1, 0.15) is 18.1 Å². The Hall–Kier alpha value is -1.74. The number of nitrogens with zero attached hydrogens (tertiary/aromatic N) is 3. The fourth-order valence-electron chi connectivity index (χ4n) is 3.44. The lowest BCUT2D eigenvalue weighted by Gasteiger charge is -2.35. The molecule has 6 nitrogen and oxygen atoms in total. The molecule has 1 amide bonds. The third kappa shape index (κ3) is 5.69. The molecule has 1 saturated heterocycles. The number of amides is 1. The first-order valence-corrected chi connectivity index (χ1v) is 12.3. The molecule has 0 N–H and O–H groups in total. The molecule has 30 heavy (non-hydrogen) atoms. The van der Waals surface area contributed by atoms with Gasteiger partial charge in [0.15, 0.2) is 0 Å². The first kappa shape index (κ1) is 22.9. The summed E-state index contributed by atoms with van der Waals surface area (Å²) >= 11 is 3.40. The third-order valence-electron chi connectivity index (χ3n) is 5.41. The number of rotatable bonds is 7. The lowest BCUT2D eigenvalue weighted by atomic mass is 10.2. The number of benzene rings is 2. The molecule has 0 atom stereocenters.